The van der Waals surface area contributed by atoms with Gasteiger partial charge in [-0.2, -0.15) is 8.78 Å². The second kappa shape index (κ2) is 7.96. The zero-order valence-electron chi connectivity index (χ0n) is 14.1. The first-order valence-corrected chi connectivity index (χ1v) is 8.63. The van der Waals surface area contributed by atoms with E-state index in [1.807, 2.05) is 35.7 Å². The molecule has 1 N–H and O–H groups in total. The SMILES string of the molecule is COc1cc(CNC(C)c2nnc3ccccn23)cc(Br)c1OC(F)F. The first-order chi connectivity index (χ1) is 12.5. The predicted octanol–water partition coefficient (Wildman–Crippen LogP) is 3.95. The van der Waals surface area contributed by atoms with Crippen LogP contribution in [0.4, 0.5) is 8.78 Å². The molecule has 6 nitrogen and oxygen atoms in total. The minimum atomic E-state index is -2.93. The zero-order valence-corrected chi connectivity index (χ0v) is 15.7. The van der Waals surface area contributed by atoms with Crippen molar-refractivity contribution in [2.24, 2.45) is 0 Å². The molecule has 3 rings (SSSR count). The summed E-state index contributed by atoms with van der Waals surface area (Å²) in [4.78, 5) is 0. The van der Waals surface area contributed by atoms with Gasteiger partial charge in [0.1, 0.15) is 0 Å². The minimum absolute atomic E-state index is 0.0252. The van der Waals surface area contributed by atoms with Crippen LogP contribution >= 0.6 is 15.9 Å². The summed E-state index contributed by atoms with van der Waals surface area (Å²) in [5.41, 5.74) is 1.62. The number of rotatable bonds is 7. The molecule has 9 heteroatoms. The van der Waals surface area contributed by atoms with Crippen LogP contribution in [-0.2, 0) is 6.54 Å². The summed E-state index contributed by atoms with van der Waals surface area (Å²) in [6, 6.07) is 8.99. The second-order valence-electron chi connectivity index (χ2n) is 5.58. The maximum atomic E-state index is 12.5. The van der Waals surface area contributed by atoms with Crippen LogP contribution in [0.3, 0.4) is 0 Å². The lowest BCUT2D eigenvalue weighted by atomic mass is 10.2. The van der Waals surface area contributed by atoms with Gasteiger partial charge in [0, 0.05) is 12.7 Å². The van der Waals surface area contributed by atoms with Crippen LogP contribution in [0.2, 0.25) is 0 Å². The van der Waals surface area contributed by atoms with Crippen molar-refractivity contribution in [3.05, 3.63) is 52.4 Å². The van der Waals surface area contributed by atoms with E-state index in [2.05, 4.69) is 36.2 Å². The number of halogens is 3. The van der Waals surface area contributed by atoms with Crippen LogP contribution in [0.15, 0.2) is 41.0 Å². The van der Waals surface area contributed by atoms with Crippen LogP contribution in [-0.4, -0.2) is 28.3 Å². The van der Waals surface area contributed by atoms with E-state index in [0.29, 0.717) is 11.0 Å². The average Bonchev–Trinajstić information content (AvgIpc) is 3.05. The van der Waals surface area contributed by atoms with Gasteiger partial charge in [-0.15, -0.1) is 10.2 Å². The highest BCUT2D eigenvalue weighted by atomic mass is 79.9. The van der Waals surface area contributed by atoms with E-state index in [0.717, 1.165) is 17.0 Å². The van der Waals surface area contributed by atoms with Crippen LogP contribution in [0.5, 0.6) is 11.5 Å². The van der Waals surface area contributed by atoms with Crippen molar-refractivity contribution in [2.75, 3.05) is 7.11 Å². The fourth-order valence-corrected chi connectivity index (χ4v) is 3.18. The van der Waals surface area contributed by atoms with Crippen molar-refractivity contribution in [1.29, 1.82) is 0 Å². The molecule has 0 aliphatic carbocycles. The van der Waals surface area contributed by atoms with E-state index in [1.165, 1.54) is 7.11 Å². The zero-order chi connectivity index (χ0) is 18.7. The van der Waals surface area contributed by atoms with Crippen LogP contribution in [0, 0.1) is 0 Å². The molecule has 1 aromatic carbocycles. The third-order valence-electron chi connectivity index (χ3n) is 3.84. The average molecular weight is 427 g/mol. The molecule has 0 spiro atoms. The molecule has 0 amide bonds. The van der Waals surface area contributed by atoms with E-state index in [1.54, 1.807) is 12.1 Å². The van der Waals surface area contributed by atoms with Gasteiger partial charge in [-0.25, -0.2) is 0 Å². The second-order valence-corrected chi connectivity index (χ2v) is 6.43. The molecule has 0 saturated heterocycles. The number of nitrogens with zero attached hydrogens (tertiary/aromatic N) is 3. The van der Waals surface area contributed by atoms with Gasteiger partial charge in [0.05, 0.1) is 17.6 Å². The van der Waals surface area contributed by atoms with Crippen molar-refractivity contribution in [3.8, 4) is 11.5 Å². The number of hydrogen-bond donors (Lipinski definition) is 1. The Bertz CT molecular complexity index is 904. The van der Waals surface area contributed by atoms with Crippen molar-refractivity contribution >= 4 is 21.6 Å². The van der Waals surface area contributed by atoms with Crippen LogP contribution in [0.25, 0.3) is 5.65 Å². The number of fused-ring (bicyclic) bond motifs is 1. The number of methoxy groups -OCH3 is 1. The summed E-state index contributed by atoms with van der Waals surface area (Å²) in [5, 5.41) is 11.7. The number of pyridine rings is 1. The van der Waals surface area contributed by atoms with Gasteiger partial charge in [-0.05, 0) is 52.7 Å². The molecule has 0 saturated carbocycles. The molecule has 0 aliphatic heterocycles. The number of hydrogen-bond acceptors (Lipinski definition) is 5. The van der Waals surface area contributed by atoms with Crippen molar-refractivity contribution in [2.45, 2.75) is 26.1 Å². The van der Waals surface area contributed by atoms with Gasteiger partial charge in [0.2, 0.25) is 0 Å². The number of alkyl halides is 2. The standard InChI is InChI=1S/C17H17BrF2N4O2/c1-10(16-23-22-14-5-3-4-6-24(14)16)21-9-11-7-12(18)15(26-17(19)20)13(8-11)25-2/h3-8,10,17,21H,9H2,1-2H3. The predicted molar refractivity (Wildman–Crippen MR) is 95.6 cm³/mol. The van der Waals surface area contributed by atoms with Crippen molar-refractivity contribution in [3.63, 3.8) is 0 Å². The Kier molecular flexibility index (Phi) is 5.67. The Balaban J connectivity index is 1.76. The maximum absolute atomic E-state index is 12.5. The molecule has 1 atom stereocenters. The first-order valence-electron chi connectivity index (χ1n) is 7.84. The molecule has 1 unspecified atom stereocenters. The van der Waals surface area contributed by atoms with E-state index in [4.69, 9.17) is 4.74 Å². The third-order valence-corrected chi connectivity index (χ3v) is 4.42. The lowest BCUT2D eigenvalue weighted by Crippen LogP contribution is -2.20. The molecule has 138 valence electrons. The highest BCUT2D eigenvalue weighted by Gasteiger charge is 2.17. The quantitative estimate of drug-likeness (QED) is 0.619. The number of aromatic nitrogens is 3. The summed E-state index contributed by atoms with van der Waals surface area (Å²) in [6.45, 7) is -0.470. The Morgan fingerprint density at radius 1 is 1.27 bits per heavy atom. The number of nitrogens with one attached hydrogen (secondary N) is 1. The Hall–Kier alpha value is -2.26. The monoisotopic (exact) mass is 426 g/mol. The van der Waals surface area contributed by atoms with E-state index in [9.17, 15) is 8.78 Å². The van der Waals surface area contributed by atoms with Gasteiger partial charge in [-0.3, -0.25) is 4.40 Å². The molecular formula is C17H17BrF2N4O2. The summed E-state index contributed by atoms with van der Waals surface area (Å²) < 4.78 is 37.0. The summed E-state index contributed by atoms with van der Waals surface area (Å²) in [7, 11) is 1.41. The first kappa shape index (κ1) is 18.5. The third kappa shape index (κ3) is 3.94. The van der Waals surface area contributed by atoms with Crippen molar-refractivity contribution < 1.29 is 18.3 Å². The van der Waals surface area contributed by atoms with Gasteiger partial charge in [0.25, 0.3) is 0 Å². The molecule has 2 heterocycles. The lowest BCUT2D eigenvalue weighted by Gasteiger charge is -2.16. The normalized spacial score (nSPS) is 12.5. The topological polar surface area (TPSA) is 60.7 Å². The van der Waals surface area contributed by atoms with E-state index < -0.39 is 6.61 Å². The van der Waals surface area contributed by atoms with E-state index in [-0.39, 0.29) is 17.5 Å². The molecule has 0 radical (unpaired) electrons. The summed E-state index contributed by atoms with van der Waals surface area (Å²) >= 11 is 3.25. The molecule has 0 bridgehead atoms. The van der Waals surface area contributed by atoms with Gasteiger partial charge in [0.15, 0.2) is 23.0 Å². The van der Waals surface area contributed by atoms with Crippen molar-refractivity contribution in [1.82, 2.24) is 19.9 Å². The van der Waals surface area contributed by atoms with Gasteiger partial charge in [-0.1, -0.05) is 6.07 Å². The molecule has 26 heavy (non-hydrogen) atoms. The Morgan fingerprint density at radius 3 is 2.81 bits per heavy atom. The lowest BCUT2D eigenvalue weighted by molar-refractivity contribution is -0.0517. The summed E-state index contributed by atoms with van der Waals surface area (Å²) in [5.74, 6) is 0.990. The largest absolute Gasteiger partial charge is 0.493 e. The Labute approximate surface area is 157 Å². The van der Waals surface area contributed by atoms with Gasteiger partial charge < -0.3 is 14.8 Å². The van der Waals surface area contributed by atoms with Crippen LogP contribution < -0.4 is 14.8 Å². The Morgan fingerprint density at radius 2 is 2.08 bits per heavy atom. The molecule has 0 aliphatic rings. The number of benzene rings is 1. The fourth-order valence-electron chi connectivity index (χ4n) is 2.60. The molecule has 0 fully saturated rings. The highest BCUT2D eigenvalue weighted by molar-refractivity contribution is 9.10. The highest BCUT2D eigenvalue weighted by Crippen LogP contribution is 2.37. The maximum Gasteiger partial charge on any atom is 0.387 e. The van der Waals surface area contributed by atoms with E-state index >= 15 is 0 Å². The molecule has 3 aromatic rings. The van der Waals surface area contributed by atoms with Crippen LogP contribution in [0.1, 0.15) is 24.4 Å². The summed E-state index contributed by atoms with van der Waals surface area (Å²) in [6.07, 6.45) is 1.90. The fraction of sp³-hybridized carbons (Fsp3) is 0.294. The number of ether oxygens (including phenoxy) is 2. The molecule has 2 aromatic heterocycles. The minimum Gasteiger partial charge on any atom is -0.493 e. The van der Waals surface area contributed by atoms with Gasteiger partial charge >= 0.3 is 6.61 Å². The smallest absolute Gasteiger partial charge is 0.387 e. The molecular weight excluding hydrogens is 410 g/mol.